The van der Waals surface area contributed by atoms with Crippen LogP contribution in [0.15, 0.2) is 36.5 Å². The summed E-state index contributed by atoms with van der Waals surface area (Å²) in [6.45, 7) is 0.129. The Hall–Kier alpha value is -2.76. The van der Waals surface area contributed by atoms with Gasteiger partial charge in [-0.15, -0.1) is 0 Å². The van der Waals surface area contributed by atoms with Gasteiger partial charge in [0, 0.05) is 24.6 Å². The van der Waals surface area contributed by atoms with Crippen LogP contribution in [0.3, 0.4) is 0 Å². The molecule has 5 nitrogen and oxygen atoms in total. The lowest BCUT2D eigenvalue weighted by atomic mass is 10.0. The summed E-state index contributed by atoms with van der Waals surface area (Å²) in [5, 5.41) is 0. The summed E-state index contributed by atoms with van der Waals surface area (Å²) in [7, 11) is 0. The van der Waals surface area contributed by atoms with Gasteiger partial charge >= 0.3 is 0 Å². The van der Waals surface area contributed by atoms with Crippen molar-refractivity contribution in [1.82, 2.24) is 4.98 Å². The lowest BCUT2D eigenvalue weighted by Crippen LogP contribution is -2.08. The van der Waals surface area contributed by atoms with Gasteiger partial charge in [-0.3, -0.25) is 14.6 Å². The number of benzene rings is 1. The zero-order valence-electron chi connectivity index (χ0n) is 11.5. The maximum absolute atomic E-state index is 13.4. The number of fused-ring (bicyclic) bond motifs is 1. The van der Waals surface area contributed by atoms with Gasteiger partial charge in [0.25, 0.3) is 0 Å². The van der Waals surface area contributed by atoms with Crippen molar-refractivity contribution in [2.24, 2.45) is 0 Å². The minimum Gasteiger partial charge on any atom is -0.454 e. The molecular weight excluding hydrogens is 289 g/mol. The quantitative estimate of drug-likeness (QED) is 0.794. The Bertz CT molecular complexity index is 745. The number of Topliss-reactive ketones (excluding diaryl/α,β-unsaturated/α-hetero) is 2. The Morgan fingerprint density at radius 1 is 1.09 bits per heavy atom. The summed E-state index contributed by atoms with van der Waals surface area (Å²) in [6, 6.07) is 7.41. The highest BCUT2D eigenvalue weighted by Crippen LogP contribution is 2.32. The van der Waals surface area contributed by atoms with E-state index in [1.807, 2.05) is 0 Å². The van der Waals surface area contributed by atoms with Crippen molar-refractivity contribution in [2.75, 3.05) is 6.79 Å². The van der Waals surface area contributed by atoms with E-state index in [2.05, 4.69) is 4.98 Å². The lowest BCUT2D eigenvalue weighted by molar-refractivity contribution is 0.0912. The Kier molecular flexibility index (Phi) is 3.82. The summed E-state index contributed by atoms with van der Waals surface area (Å²) in [5.41, 5.74) is 0.194. The second kappa shape index (κ2) is 5.93. The van der Waals surface area contributed by atoms with Gasteiger partial charge in [-0.25, -0.2) is 4.39 Å². The van der Waals surface area contributed by atoms with E-state index >= 15 is 0 Å². The SMILES string of the molecule is O=C(CCC(=O)c1ncccc1F)c1ccc2c(c1)OCO2. The fourth-order valence-electron chi connectivity index (χ4n) is 2.15. The van der Waals surface area contributed by atoms with Gasteiger partial charge in [0.15, 0.2) is 28.9 Å². The number of halogens is 1. The molecule has 0 amide bonds. The van der Waals surface area contributed by atoms with Crippen molar-refractivity contribution >= 4 is 11.6 Å². The highest BCUT2D eigenvalue weighted by Gasteiger charge is 2.18. The zero-order chi connectivity index (χ0) is 15.5. The standard InChI is InChI=1S/C16H12FNO4/c17-11-2-1-7-18-16(11)13(20)5-4-12(19)10-3-6-14-15(8-10)22-9-21-14/h1-3,6-8H,4-5,9H2. The lowest BCUT2D eigenvalue weighted by Gasteiger charge is -2.03. The molecular formula is C16H12FNO4. The Morgan fingerprint density at radius 3 is 2.68 bits per heavy atom. The van der Waals surface area contributed by atoms with Crippen LogP contribution < -0.4 is 9.47 Å². The average molecular weight is 301 g/mol. The van der Waals surface area contributed by atoms with Gasteiger partial charge in [0.1, 0.15) is 5.69 Å². The van der Waals surface area contributed by atoms with Crippen LogP contribution in [0.4, 0.5) is 4.39 Å². The highest BCUT2D eigenvalue weighted by atomic mass is 19.1. The molecule has 0 saturated heterocycles. The fourth-order valence-corrected chi connectivity index (χ4v) is 2.15. The number of carbonyl (C=O) groups excluding carboxylic acids is 2. The van der Waals surface area contributed by atoms with Gasteiger partial charge < -0.3 is 9.47 Å². The number of nitrogens with zero attached hydrogens (tertiary/aromatic N) is 1. The molecule has 1 aromatic carbocycles. The van der Waals surface area contributed by atoms with Crippen molar-refractivity contribution in [3.8, 4) is 11.5 Å². The second-order valence-electron chi connectivity index (χ2n) is 4.75. The molecule has 1 aromatic heterocycles. The fraction of sp³-hybridized carbons (Fsp3) is 0.188. The van der Waals surface area contributed by atoms with Crippen LogP contribution >= 0.6 is 0 Å². The minimum absolute atomic E-state index is 0.0194. The van der Waals surface area contributed by atoms with Gasteiger partial charge in [-0.2, -0.15) is 0 Å². The number of ketones is 2. The topological polar surface area (TPSA) is 65.5 Å². The molecule has 0 N–H and O–H groups in total. The van der Waals surface area contributed by atoms with E-state index < -0.39 is 11.6 Å². The van der Waals surface area contributed by atoms with Gasteiger partial charge in [-0.05, 0) is 30.3 Å². The number of rotatable bonds is 5. The van der Waals surface area contributed by atoms with Crippen LogP contribution in [0.1, 0.15) is 33.7 Å². The third-order valence-corrected chi connectivity index (χ3v) is 3.30. The van der Waals surface area contributed by atoms with E-state index in [1.165, 1.54) is 18.3 Å². The largest absolute Gasteiger partial charge is 0.454 e. The van der Waals surface area contributed by atoms with Crippen LogP contribution in [-0.2, 0) is 0 Å². The van der Waals surface area contributed by atoms with E-state index in [1.54, 1.807) is 18.2 Å². The third-order valence-electron chi connectivity index (χ3n) is 3.30. The maximum atomic E-state index is 13.4. The molecule has 0 bridgehead atoms. The molecule has 0 radical (unpaired) electrons. The average Bonchev–Trinajstić information content (AvgIpc) is 3.00. The Morgan fingerprint density at radius 2 is 1.86 bits per heavy atom. The molecule has 1 aliphatic heterocycles. The van der Waals surface area contributed by atoms with Crippen molar-refractivity contribution in [2.45, 2.75) is 12.8 Å². The van der Waals surface area contributed by atoms with Gasteiger partial charge in [0.2, 0.25) is 6.79 Å². The molecule has 1 aliphatic rings. The molecule has 0 fully saturated rings. The van der Waals surface area contributed by atoms with E-state index in [0.29, 0.717) is 17.1 Å². The number of ether oxygens (including phenoxy) is 2. The molecule has 2 heterocycles. The molecule has 0 unspecified atom stereocenters. The number of pyridine rings is 1. The number of hydrogen-bond acceptors (Lipinski definition) is 5. The monoisotopic (exact) mass is 301 g/mol. The summed E-state index contributed by atoms with van der Waals surface area (Å²) in [6.07, 6.45) is 1.23. The number of aromatic nitrogens is 1. The van der Waals surface area contributed by atoms with Crippen molar-refractivity contribution in [1.29, 1.82) is 0 Å². The smallest absolute Gasteiger partial charge is 0.231 e. The minimum atomic E-state index is -0.678. The van der Waals surface area contributed by atoms with Crippen LogP contribution in [0.2, 0.25) is 0 Å². The highest BCUT2D eigenvalue weighted by molar-refractivity contribution is 6.01. The first-order valence-corrected chi connectivity index (χ1v) is 6.72. The van der Waals surface area contributed by atoms with Gasteiger partial charge in [0.05, 0.1) is 0 Å². The van der Waals surface area contributed by atoms with Crippen LogP contribution in [0, 0.1) is 5.82 Å². The Balaban J connectivity index is 1.65. The predicted octanol–water partition coefficient (Wildman–Crippen LogP) is 2.80. The first kappa shape index (κ1) is 14.2. The zero-order valence-corrected chi connectivity index (χ0v) is 11.5. The van der Waals surface area contributed by atoms with E-state index in [0.717, 1.165) is 0 Å². The van der Waals surface area contributed by atoms with Crippen LogP contribution in [0.25, 0.3) is 0 Å². The summed E-state index contributed by atoms with van der Waals surface area (Å²) < 4.78 is 23.8. The van der Waals surface area contributed by atoms with Crippen molar-refractivity contribution in [3.63, 3.8) is 0 Å². The molecule has 0 spiro atoms. The molecule has 0 atom stereocenters. The first-order chi connectivity index (χ1) is 10.6. The Labute approximate surface area is 125 Å². The van der Waals surface area contributed by atoms with Crippen LogP contribution in [-0.4, -0.2) is 23.3 Å². The van der Waals surface area contributed by atoms with Crippen molar-refractivity contribution < 1.29 is 23.5 Å². The number of carbonyl (C=O) groups is 2. The predicted molar refractivity (Wildman–Crippen MR) is 74.7 cm³/mol. The summed E-state index contributed by atoms with van der Waals surface area (Å²) >= 11 is 0. The molecule has 0 aliphatic carbocycles. The van der Waals surface area contributed by atoms with E-state index in [-0.39, 0.29) is 31.1 Å². The third kappa shape index (κ3) is 2.81. The molecule has 3 rings (SSSR count). The molecule has 0 saturated carbocycles. The number of hydrogen-bond donors (Lipinski definition) is 0. The first-order valence-electron chi connectivity index (χ1n) is 6.72. The van der Waals surface area contributed by atoms with Crippen LogP contribution in [0.5, 0.6) is 11.5 Å². The molecule has 6 heteroatoms. The second-order valence-corrected chi connectivity index (χ2v) is 4.75. The normalized spacial score (nSPS) is 12.2. The van der Waals surface area contributed by atoms with E-state index in [9.17, 15) is 14.0 Å². The molecule has 112 valence electrons. The van der Waals surface area contributed by atoms with E-state index in [4.69, 9.17) is 9.47 Å². The maximum Gasteiger partial charge on any atom is 0.231 e. The van der Waals surface area contributed by atoms with Crippen molar-refractivity contribution in [3.05, 3.63) is 53.6 Å². The molecule has 2 aromatic rings. The molecule has 22 heavy (non-hydrogen) atoms. The summed E-state index contributed by atoms with van der Waals surface area (Å²) in [4.78, 5) is 27.7. The summed E-state index contributed by atoms with van der Waals surface area (Å²) in [5.74, 6) is -0.297. The van der Waals surface area contributed by atoms with Gasteiger partial charge in [-0.1, -0.05) is 0 Å².